The quantitative estimate of drug-likeness (QED) is 0.420. The van der Waals surface area contributed by atoms with Crippen molar-refractivity contribution >= 4 is 46.8 Å². The highest BCUT2D eigenvalue weighted by atomic mass is 127. The van der Waals surface area contributed by atoms with Gasteiger partial charge < -0.3 is 10.2 Å². The summed E-state index contributed by atoms with van der Waals surface area (Å²) in [7, 11) is 1.85. The van der Waals surface area contributed by atoms with Crippen molar-refractivity contribution < 1.29 is 0 Å². The molecule has 0 fully saturated rings. The fourth-order valence-corrected chi connectivity index (χ4v) is 3.58. The van der Waals surface area contributed by atoms with Crippen LogP contribution in [0.25, 0.3) is 5.57 Å². The Kier molecular flexibility index (Phi) is 7.90. The summed E-state index contributed by atoms with van der Waals surface area (Å²) >= 11 is 1.71. The smallest absolute Gasteiger partial charge is 0.193 e. The Morgan fingerprint density at radius 1 is 1.32 bits per heavy atom. The molecule has 0 saturated carbocycles. The molecule has 0 bridgehead atoms. The fraction of sp³-hybridized carbons (Fsp3) is 0.368. The number of guanidine groups is 1. The zero-order chi connectivity index (χ0) is 16.8. The van der Waals surface area contributed by atoms with Crippen LogP contribution in [0.4, 0.5) is 0 Å². The van der Waals surface area contributed by atoms with Crippen LogP contribution in [0.15, 0.2) is 46.8 Å². The van der Waals surface area contributed by atoms with E-state index in [0.717, 1.165) is 49.1 Å². The predicted molar refractivity (Wildman–Crippen MR) is 118 cm³/mol. The molecule has 134 valence electrons. The van der Waals surface area contributed by atoms with Crippen LogP contribution < -0.4 is 5.32 Å². The molecule has 1 aliphatic rings. The standard InChI is InChI=1S/C19H24N4S.HI/c1-15-22-18(14-24-15)8-11-21-19(20-2)23-12-9-17(10-13-23)16-6-4-3-5-7-16;/h3-7,9,14H,8,10-13H2,1-2H3,(H,20,21);1H. The lowest BCUT2D eigenvalue weighted by molar-refractivity contribution is 0.440. The minimum atomic E-state index is 0. The van der Waals surface area contributed by atoms with E-state index in [1.165, 1.54) is 11.1 Å². The number of thiazole rings is 1. The summed E-state index contributed by atoms with van der Waals surface area (Å²) in [5.41, 5.74) is 3.92. The molecular formula is C19H25IN4S. The topological polar surface area (TPSA) is 40.5 Å². The molecule has 0 radical (unpaired) electrons. The average Bonchev–Trinajstić information content (AvgIpc) is 3.05. The van der Waals surface area contributed by atoms with E-state index in [-0.39, 0.29) is 24.0 Å². The maximum Gasteiger partial charge on any atom is 0.193 e. The Hall–Kier alpha value is -1.41. The number of rotatable bonds is 4. The first-order valence-corrected chi connectivity index (χ1v) is 9.25. The van der Waals surface area contributed by atoms with Crippen molar-refractivity contribution in [1.29, 1.82) is 0 Å². The summed E-state index contributed by atoms with van der Waals surface area (Å²) < 4.78 is 0. The zero-order valence-corrected chi connectivity index (χ0v) is 17.9. The van der Waals surface area contributed by atoms with E-state index in [9.17, 15) is 0 Å². The van der Waals surface area contributed by atoms with Gasteiger partial charge in [0.15, 0.2) is 5.96 Å². The largest absolute Gasteiger partial charge is 0.356 e. The number of hydrogen-bond acceptors (Lipinski definition) is 3. The van der Waals surface area contributed by atoms with Crippen LogP contribution >= 0.6 is 35.3 Å². The first kappa shape index (κ1) is 19.9. The van der Waals surface area contributed by atoms with Gasteiger partial charge in [-0.2, -0.15) is 0 Å². The summed E-state index contributed by atoms with van der Waals surface area (Å²) in [5.74, 6) is 0.977. The van der Waals surface area contributed by atoms with Gasteiger partial charge in [-0.3, -0.25) is 4.99 Å². The molecule has 2 heterocycles. The highest BCUT2D eigenvalue weighted by Gasteiger charge is 2.15. The average molecular weight is 468 g/mol. The first-order chi connectivity index (χ1) is 11.8. The molecule has 25 heavy (non-hydrogen) atoms. The molecule has 1 aliphatic heterocycles. The molecule has 0 amide bonds. The van der Waals surface area contributed by atoms with E-state index >= 15 is 0 Å². The monoisotopic (exact) mass is 468 g/mol. The normalized spacial score (nSPS) is 14.7. The third kappa shape index (κ3) is 5.54. The number of nitrogens with zero attached hydrogens (tertiary/aromatic N) is 3. The number of benzene rings is 1. The lowest BCUT2D eigenvalue weighted by atomic mass is 10.00. The van der Waals surface area contributed by atoms with Crippen molar-refractivity contribution in [1.82, 2.24) is 15.2 Å². The number of nitrogens with one attached hydrogen (secondary N) is 1. The van der Waals surface area contributed by atoms with Gasteiger partial charge in [-0.25, -0.2) is 4.98 Å². The minimum Gasteiger partial charge on any atom is -0.356 e. The molecule has 0 atom stereocenters. The summed E-state index contributed by atoms with van der Waals surface area (Å²) in [6, 6.07) is 10.6. The van der Waals surface area contributed by atoms with Gasteiger partial charge in [0, 0.05) is 38.5 Å². The minimum absolute atomic E-state index is 0. The molecule has 6 heteroatoms. The van der Waals surface area contributed by atoms with Crippen LogP contribution in [-0.4, -0.2) is 42.5 Å². The van der Waals surface area contributed by atoms with Crippen LogP contribution in [0.1, 0.15) is 22.7 Å². The third-order valence-corrected chi connectivity index (χ3v) is 5.02. The van der Waals surface area contributed by atoms with E-state index in [0.29, 0.717) is 0 Å². The maximum atomic E-state index is 4.50. The third-order valence-electron chi connectivity index (χ3n) is 4.20. The molecule has 2 aromatic rings. The second kappa shape index (κ2) is 9.91. The van der Waals surface area contributed by atoms with E-state index in [4.69, 9.17) is 0 Å². The molecule has 3 rings (SSSR count). The Bertz CT molecular complexity index is 724. The summed E-state index contributed by atoms with van der Waals surface area (Å²) in [6.07, 6.45) is 4.30. The zero-order valence-electron chi connectivity index (χ0n) is 14.7. The van der Waals surface area contributed by atoms with Crippen molar-refractivity contribution in [3.8, 4) is 0 Å². The molecule has 1 N–H and O–H groups in total. The van der Waals surface area contributed by atoms with Crippen LogP contribution in [-0.2, 0) is 6.42 Å². The highest BCUT2D eigenvalue weighted by Crippen LogP contribution is 2.21. The molecule has 1 aromatic carbocycles. The fourth-order valence-electron chi connectivity index (χ4n) is 2.93. The van der Waals surface area contributed by atoms with Crippen LogP contribution in [0.2, 0.25) is 0 Å². The van der Waals surface area contributed by atoms with Gasteiger partial charge in [0.2, 0.25) is 0 Å². The van der Waals surface area contributed by atoms with E-state index in [1.807, 2.05) is 14.0 Å². The number of aliphatic imine (C=N–C) groups is 1. The van der Waals surface area contributed by atoms with Gasteiger partial charge in [0.1, 0.15) is 0 Å². The van der Waals surface area contributed by atoms with E-state index < -0.39 is 0 Å². The first-order valence-electron chi connectivity index (χ1n) is 8.37. The van der Waals surface area contributed by atoms with Gasteiger partial charge in [0.25, 0.3) is 0 Å². The van der Waals surface area contributed by atoms with Crippen LogP contribution in [0.3, 0.4) is 0 Å². The van der Waals surface area contributed by atoms with Crippen molar-refractivity contribution in [3.05, 3.63) is 58.1 Å². The Labute approximate surface area is 171 Å². The van der Waals surface area contributed by atoms with Gasteiger partial charge >= 0.3 is 0 Å². The van der Waals surface area contributed by atoms with Crippen molar-refractivity contribution in [2.24, 2.45) is 4.99 Å². The van der Waals surface area contributed by atoms with Gasteiger partial charge in [-0.15, -0.1) is 35.3 Å². The number of hydrogen-bond donors (Lipinski definition) is 1. The van der Waals surface area contributed by atoms with Crippen LogP contribution in [0, 0.1) is 6.92 Å². The van der Waals surface area contributed by atoms with E-state index in [1.54, 1.807) is 11.3 Å². The lowest BCUT2D eigenvalue weighted by Gasteiger charge is -2.29. The number of aryl methyl sites for hydroxylation is 1. The Morgan fingerprint density at radius 3 is 2.72 bits per heavy atom. The summed E-state index contributed by atoms with van der Waals surface area (Å²) in [5, 5.41) is 6.73. The molecule has 0 saturated heterocycles. The molecule has 0 aliphatic carbocycles. The van der Waals surface area contributed by atoms with Crippen molar-refractivity contribution in [3.63, 3.8) is 0 Å². The van der Waals surface area contributed by atoms with Crippen LogP contribution in [0.5, 0.6) is 0 Å². The maximum absolute atomic E-state index is 4.50. The van der Waals surface area contributed by atoms with Gasteiger partial charge in [0.05, 0.1) is 10.7 Å². The lowest BCUT2D eigenvalue weighted by Crippen LogP contribution is -2.44. The Balaban J connectivity index is 0.00000225. The predicted octanol–water partition coefficient (Wildman–Crippen LogP) is 3.98. The molecule has 4 nitrogen and oxygen atoms in total. The van der Waals surface area contributed by atoms with E-state index in [2.05, 4.69) is 62.0 Å². The SMILES string of the molecule is CN=C(NCCc1csc(C)n1)N1CC=C(c2ccccc2)CC1.I. The summed E-state index contributed by atoms with van der Waals surface area (Å²) in [6.45, 7) is 4.81. The van der Waals surface area contributed by atoms with Gasteiger partial charge in [-0.1, -0.05) is 36.4 Å². The molecule has 0 unspecified atom stereocenters. The second-order valence-corrected chi connectivity index (χ2v) is 6.94. The second-order valence-electron chi connectivity index (χ2n) is 5.87. The molecular weight excluding hydrogens is 443 g/mol. The Morgan fingerprint density at radius 2 is 2.12 bits per heavy atom. The van der Waals surface area contributed by atoms with Crippen molar-refractivity contribution in [2.75, 3.05) is 26.7 Å². The number of halogens is 1. The summed E-state index contributed by atoms with van der Waals surface area (Å²) in [4.78, 5) is 11.2. The molecule has 0 spiro atoms. The molecule has 1 aromatic heterocycles. The van der Waals surface area contributed by atoms with Gasteiger partial charge in [-0.05, 0) is 24.5 Å². The van der Waals surface area contributed by atoms with Crippen molar-refractivity contribution in [2.45, 2.75) is 19.8 Å². The highest BCUT2D eigenvalue weighted by molar-refractivity contribution is 14.0. The number of aromatic nitrogens is 1.